The van der Waals surface area contributed by atoms with E-state index in [4.69, 9.17) is 5.73 Å². The molecule has 2 amide bonds. The topological polar surface area (TPSA) is 144 Å². The molecule has 0 unspecified atom stereocenters. The van der Waals surface area contributed by atoms with Gasteiger partial charge in [0.15, 0.2) is 5.69 Å². The molecule has 3 aromatic rings. The Balaban J connectivity index is 2.03. The highest BCUT2D eigenvalue weighted by Gasteiger charge is 2.22. The lowest BCUT2D eigenvalue weighted by atomic mass is 10.0. The first-order valence-corrected chi connectivity index (χ1v) is 10.4. The number of amides is 2. The van der Waals surface area contributed by atoms with E-state index in [9.17, 15) is 26.8 Å². The minimum absolute atomic E-state index is 0.0410. The third-order valence-corrected chi connectivity index (χ3v) is 4.57. The summed E-state index contributed by atoms with van der Waals surface area (Å²) in [5.74, 6) is -3.61. The zero-order chi connectivity index (χ0) is 22.8. The SMILES string of the molecule is CS(=O)(=O)NC(=O)c1ccc(Nc2c(-c3c(F)cccc3F)cnnc2C(N)=O)cc1. The monoisotopic (exact) mass is 447 g/mol. The Labute approximate surface area is 175 Å². The van der Waals surface area contributed by atoms with E-state index < -0.39 is 39.0 Å². The fourth-order valence-corrected chi connectivity index (χ4v) is 3.16. The third-order valence-electron chi connectivity index (χ3n) is 4.01. The average molecular weight is 447 g/mol. The first kappa shape index (κ1) is 21.8. The number of primary amides is 1. The van der Waals surface area contributed by atoms with Crippen LogP contribution in [0.3, 0.4) is 0 Å². The van der Waals surface area contributed by atoms with Crippen molar-refractivity contribution in [2.75, 3.05) is 11.6 Å². The number of hydrogen-bond donors (Lipinski definition) is 3. The van der Waals surface area contributed by atoms with E-state index in [1.54, 1.807) is 0 Å². The van der Waals surface area contributed by atoms with Crippen LogP contribution in [0.15, 0.2) is 48.7 Å². The Hall–Kier alpha value is -3.93. The number of sulfonamides is 1. The van der Waals surface area contributed by atoms with Crippen molar-refractivity contribution in [3.63, 3.8) is 0 Å². The van der Waals surface area contributed by atoms with E-state index in [-0.39, 0.29) is 22.5 Å². The van der Waals surface area contributed by atoms with Gasteiger partial charge < -0.3 is 11.1 Å². The molecule has 160 valence electrons. The molecule has 0 aliphatic carbocycles. The van der Waals surface area contributed by atoms with Crippen LogP contribution in [0.4, 0.5) is 20.2 Å². The summed E-state index contributed by atoms with van der Waals surface area (Å²) < 4.78 is 52.9. The van der Waals surface area contributed by atoms with E-state index in [1.807, 2.05) is 4.72 Å². The first-order valence-electron chi connectivity index (χ1n) is 8.56. The van der Waals surface area contributed by atoms with Crippen LogP contribution in [-0.2, 0) is 10.0 Å². The second kappa shape index (κ2) is 8.44. The van der Waals surface area contributed by atoms with Crippen molar-refractivity contribution in [2.24, 2.45) is 5.73 Å². The predicted octanol–water partition coefficient (Wildman–Crippen LogP) is 1.95. The van der Waals surface area contributed by atoms with Crippen molar-refractivity contribution in [1.82, 2.24) is 14.9 Å². The molecule has 0 aliphatic heterocycles. The van der Waals surface area contributed by atoms with Crippen LogP contribution in [0, 0.1) is 11.6 Å². The van der Waals surface area contributed by atoms with Gasteiger partial charge in [-0.2, -0.15) is 5.10 Å². The number of nitrogens with zero attached hydrogens (tertiary/aromatic N) is 2. The Morgan fingerprint density at radius 2 is 1.65 bits per heavy atom. The molecule has 0 atom stereocenters. The minimum atomic E-state index is -3.74. The number of nitrogens with one attached hydrogen (secondary N) is 2. The Kier molecular flexibility index (Phi) is 5.92. The molecule has 31 heavy (non-hydrogen) atoms. The smallest absolute Gasteiger partial charge is 0.271 e. The fourth-order valence-electron chi connectivity index (χ4n) is 2.71. The van der Waals surface area contributed by atoms with Crippen molar-refractivity contribution in [2.45, 2.75) is 0 Å². The maximum atomic E-state index is 14.3. The highest BCUT2D eigenvalue weighted by Crippen LogP contribution is 2.34. The molecule has 4 N–H and O–H groups in total. The standard InChI is InChI=1S/C19H15F2N5O4S/c1-31(29,30)26-19(28)10-5-7-11(8-6-10)24-16-12(9-23-25-17(16)18(22)27)15-13(20)3-2-4-14(15)21/h2-9H,1H3,(H2,22,27)(H,23,24)(H,26,28). The van der Waals surface area contributed by atoms with Crippen molar-refractivity contribution >= 4 is 33.2 Å². The molecule has 12 heteroatoms. The van der Waals surface area contributed by atoms with Crippen LogP contribution in [-0.4, -0.2) is 36.7 Å². The summed E-state index contributed by atoms with van der Waals surface area (Å²) in [5.41, 5.74) is 4.68. The number of carbonyl (C=O) groups excluding carboxylic acids is 2. The number of anilines is 2. The molecule has 1 aromatic heterocycles. The number of nitrogens with two attached hydrogens (primary N) is 1. The van der Waals surface area contributed by atoms with E-state index in [2.05, 4.69) is 15.5 Å². The molecule has 2 aromatic carbocycles. The summed E-state index contributed by atoms with van der Waals surface area (Å²) in [6.07, 6.45) is 1.91. The molecule has 0 spiro atoms. The van der Waals surface area contributed by atoms with E-state index >= 15 is 0 Å². The average Bonchev–Trinajstić information content (AvgIpc) is 2.68. The number of benzene rings is 2. The lowest BCUT2D eigenvalue weighted by Crippen LogP contribution is -2.29. The van der Waals surface area contributed by atoms with Gasteiger partial charge in [-0.3, -0.25) is 9.59 Å². The molecule has 0 fully saturated rings. The molecule has 0 saturated heterocycles. The summed E-state index contributed by atoms with van der Waals surface area (Å²) in [5, 5.41) is 10.1. The fraction of sp³-hybridized carbons (Fsp3) is 0.0526. The molecular weight excluding hydrogens is 432 g/mol. The Bertz CT molecular complexity index is 1260. The first-order chi connectivity index (χ1) is 14.6. The van der Waals surface area contributed by atoms with Crippen molar-refractivity contribution in [1.29, 1.82) is 0 Å². The maximum absolute atomic E-state index is 14.3. The number of carbonyl (C=O) groups is 2. The van der Waals surface area contributed by atoms with Gasteiger partial charge in [0, 0.05) is 16.8 Å². The lowest BCUT2D eigenvalue weighted by Gasteiger charge is -2.15. The van der Waals surface area contributed by atoms with Crippen LogP contribution in [0.25, 0.3) is 11.1 Å². The highest BCUT2D eigenvalue weighted by atomic mass is 32.2. The molecule has 3 rings (SSSR count). The van der Waals surface area contributed by atoms with E-state index in [1.165, 1.54) is 30.3 Å². The second-order valence-electron chi connectivity index (χ2n) is 6.35. The van der Waals surface area contributed by atoms with Crippen molar-refractivity contribution in [3.8, 4) is 11.1 Å². The zero-order valence-electron chi connectivity index (χ0n) is 15.9. The van der Waals surface area contributed by atoms with Crippen LogP contribution < -0.4 is 15.8 Å². The third kappa shape index (κ3) is 4.98. The molecule has 1 heterocycles. The van der Waals surface area contributed by atoms with Gasteiger partial charge in [-0.25, -0.2) is 21.9 Å². The Morgan fingerprint density at radius 1 is 1.03 bits per heavy atom. The predicted molar refractivity (Wildman–Crippen MR) is 108 cm³/mol. The van der Waals surface area contributed by atoms with Crippen molar-refractivity contribution < 1.29 is 26.8 Å². The minimum Gasteiger partial charge on any atom is -0.364 e. The largest absolute Gasteiger partial charge is 0.364 e. The van der Waals surface area contributed by atoms with E-state index in [0.29, 0.717) is 5.69 Å². The maximum Gasteiger partial charge on any atom is 0.271 e. The van der Waals surface area contributed by atoms with Gasteiger partial charge in [0.25, 0.3) is 11.8 Å². The summed E-state index contributed by atoms with van der Waals surface area (Å²) >= 11 is 0. The summed E-state index contributed by atoms with van der Waals surface area (Å²) in [7, 11) is -3.74. The van der Waals surface area contributed by atoms with Gasteiger partial charge in [0.1, 0.15) is 11.6 Å². The summed E-state index contributed by atoms with van der Waals surface area (Å²) in [6, 6.07) is 8.68. The zero-order valence-corrected chi connectivity index (χ0v) is 16.7. The molecule has 0 radical (unpaired) electrons. The summed E-state index contributed by atoms with van der Waals surface area (Å²) in [4.78, 5) is 23.7. The van der Waals surface area contributed by atoms with Crippen LogP contribution in [0.2, 0.25) is 0 Å². The second-order valence-corrected chi connectivity index (χ2v) is 8.10. The number of halogens is 2. The van der Waals surface area contributed by atoms with Gasteiger partial charge in [-0.1, -0.05) is 6.07 Å². The van der Waals surface area contributed by atoms with Gasteiger partial charge in [-0.05, 0) is 36.4 Å². The number of hydrogen-bond acceptors (Lipinski definition) is 7. The highest BCUT2D eigenvalue weighted by molar-refractivity contribution is 7.89. The molecular formula is C19H15F2N5O4S. The van der Waals surface area contributed by atoms with Crippen LogP contribution in [0.5, 0.6) is 0 Å². The molecule has 0 saturated carbocycles. The van der Waals surface area contributed by atoms with Crippen LogP contribution in [0.1, 0.15) is 20.8 Å². The Morgan fingerprint density at radius 3 is 2.19 bits per heavy atom. The molecule has 0 aliphatic rings. The summed E-state index contributed by atoms with van der Waals surface area (Å²) in [6.45, 7) is 0. The van der Waals surface area contributed by atoms with Crippen molar-refractivity contribution in [3.05, 3.63) is 71.6 Å². The quantitative estimate of drug-likeness (QED) is 0.524. The van der Waals surface area contributed by atoms with Gasteiger partial charge in [0.05, 0.1) is 23.7 Å². The number of rotatable bonds is 6. The molecule has 0 bridgehead atoms. The normalized spacial score (nSPS) is 11.1. The van der Waals surface area contributed by atoms with Gasteiger partial charge >= 0.3 is 0 Å². The van der Waals surface area contributed by atoms with Gasteiger partial charge in [-0.15, -0.1) is 5.10 Å². The lowest BCUT2D eigenvalue weighted by molar-refractivity contribution is 0.0977. The van der Waals surface area contributed by atoms with Gasteiger partial charge in [0.2, 0.25) is 10.0 Å². The van der Waals surface area contributed by atoms with E-state index in [0.717, 1.165) is 24.6 Å². The van der Waals surface area contributed by atoms with Crippen LogP contribution >= 0.6 is 0 Å². The number of aromatic nitrogens is 2. The molecule has 9 nitrogen and oxygen atoms in total.